The maximum absolute atomic E-state index is 11.7. The average molecular weight is 256 g/mol. The van der Waals surface area contributed by atoms with Crippen LogP contribution in [0, 0.1) is 0 Å². The van der Waals surface area contributed by atoms with Crippen LogP contribution in [-0.4, -0.2) is 35.6 Å². The zero-order valence-corrected chi connectivity index (χ0v) is 10.7. The van der Waals surface area contributed by atoms with Gasteiger partial charge in [0.2, 0.25) is 0 Å². The lowest BCUT2D eigenvalue weighted by Gasteiger charge is -2.20. The van der Waals surface area contributed by atoms with Crippen LogP contribution in [0.15, 0.2) is 16.8 Å². The lowest BCUT2D eigenvalue weighted by atomic mass is 10.2. The summed E-state index contributed by atoms with van der Waals surface area (Å²) < 4.78 is 0. The number of carboxylic acids is 1. The zero-order chi connectivity index (χ0) is 12.8. The Morgan fingerprint density at radius 1 is 1.59 bits per heavy atom. The quantitative estimate of drug-likeness (QED) is 0.845. The molecule has 6 heteroatoms. The monoisotopic (exact) mass is 256 g/mol. The molecule has 2 N–H and O–H groups in total. The van der Waals surface area contributed by atoms with Gasteiger partial charge in [-0.3, -0.25) is 4.79 Å². The summed E-state index contributed by atoms with van der Waals surface area (Å²) in [4.78, 5) is 23.4. The molecule has 0 aromatic carbocycles. The number of carboxylic acid groups (broad SMARTS) is 1. The molecule has 0 aliphatic heterocycles. The molecule has 0 saturated carbocycles. The van der Waals surface area contributed by atoms with Gasteiger partial charge in [0.15, 0.2) is 0 Å². The average Bonchev–Trinajstić information content (AvgIpc) is 2.78. The highest BCUT2D eigenvalue weighted by Gasteiger charge is 2.14. The highest BCUT2D eigenvalue weighted by molar-refractivity contribution is 7.07. The molecular weight excluding hydrogens is 240 g/mol. The molecule has 1 rings (SSSR count). The molecule has 0 fully saturated rings. The van der Waals surface area contributed by atoms with Crippen LogP contribution in [-0.2, 0) is 4.79 Å². The maximum atomic E-state index is 11.7. The minimum absolute atomic E-state index is 0.0449. The predicted molar refractivity (Wildman–Crippen MR) is 66.1 cm³/mol. The lowest BCUT2D eigenvalue weighted by Crippen LogP contribution is -2.39. The van der Waals surface area contributed by atoms with E-state index >= 15 is 0 Å². The first-order valence-corrected chi connectivity index (χ1v) is 6.20. The summed E-state index contributed by atoms with van der Waals surface area (Å²) in [7, 11) is 1.58. The van der Waals surface area contributed by atoms with Crippen molar-refractivity contribution in [3.63, 3.8) is 0 Å². The van der Waals surface area contributed by atoms with Crippen molar-refractivity contribution >= 4 is 23.3 Å². The highest BCUT2D eigenvalue weighted by Crippen LogP contribution is 2.15. The lowest BCUT2D eigenvalue weighted by molar-refractivity contribution is -0.137. The van der Waals surface area contributed by atoms with Crippen molar-refractivity contribution in [2.75, 3.05) is 13.6 Å². The molecule has 0 aliphatic rings. The van der Waals surface area contributed by atoms with Gasteiger partial charge >= 0.3 is 12.0 Å². The smallest absolute Gasteiger partial charge is 0.317 e. The van der Waals surface area contributed by atoms with E-state index in [2.05, 4.69) is 5.32 Å². The summed E-state index contributed by atoms with van der Waals surface area (Å²) in [6, 6.07) is 1.62. The van der Waals surface area contributed by atoms with E-state index in [-0.39, 0.29) is 25.0 Å². The van der Waals surface area contributed by atoms with Crippen LogP contribution in [0.5, 0.6) is 0 Å². The van der Waals surface area contributed by atoms with E-state index < -0.39 is 5.97 Å². The maximum Gasteiger partial charge on any atom is 0.317 e. The van der Waals surface area contributed by atoms with Crippen LogP contribution in [0.4, 0.5) is 4.79 Å². The first kappa shape index (κ1) is 13.5. The van der Waals surface area contributed by atoms with Gasteiger partial charge < -0.3 is 15.3 Å². The van der Waals surface area contributed by atoms with Gasteiger partial charge in [0, 0.05) is 13.6 Å². The fraction of sp³-hybridized carbons (Fsp3) is 0.455. The zero-order valence-electron chi connectivity index (χ0n) is 9.84. The largest absolute Gasteiger partial charge is 0.481 e. The second-order valence-corrected chi connectivity index (χ2v) is 4.57. The van der Waals surface area contributed by atoms with Crippen LogP contribution in [0.2, 0.25) is 0 Å². The summed E-state index contributed by atoms with van der Waals surface area (Å²) in [5, 5.41) is 15.3. The van der Waals surface area contributed by atoms with Crippen molar-refractivity contribution < 1.29 is 14.7 Å². The predicted octanol–water partition coefficient (Wildman–Crippen LogP) is 1.93. The van der Waals surface area contributed by atoms with Crippen LogP contribution in [0.25, 0.3) is 0 Å². The third kappa shape index (κ3) is 4.44. The van der Waals surface area contributed by atoms with Gasteiger partial charge in [0.25, 0.3) is 0 Å². The second kappa shape index (κ2) is 6.24. The summed E-state index contributed by atoms with van der Waals surface area (Å²) in [5.41, 5.74) is 1.05. The fourth-order valence-corrected chi connectivity index (χ4v) is 2.02. The molecule has 94 valence electrons. The number of hydrogen-bond donors (Lipinski definition) is 2. The Morgan fingerprint density at radius 2 is 2.29 bits per heavy atom. The molecule has 0 saturated heterocycles. The molecular formula is C11H16N2O3S. The molecule has 1 aromatic heterocycles. The first-order chi connectivity index (χ1) is 8.00. The van der Waals surface area contributed by atoms with Gasteiger partial charge in [-0.15, -0.1) is 0 Å². The van der Waals surface area contributed by atoms with E-state index in [0.29, 0.717) is 0 Å². The molecule has 5 nitrogen and oxygen atoms in total. The normalized spacial score (nSPS) is 11.9. The number of urea groups is 1. The van der Waals surface area contributed by atoms with Gasteiger partial charge in [-0.25, -0.2) is 4.79 Å². The van der Waals surface area contributed by atoms with Crippen molar-refractivity contribution in [2.45, 2.75) is 19.4 Å². The summed E-state index contributed by atoms with van der Waals surface area (Å²) in [6.45, 7) is 2.10. The van der Waals surface area contributed by atoms with Gasteiger partial charge in [-0.1, -0.05) is 0 Å². The molecule has 0 spiro atoms. The number of aliphatic carboxylic acids is 1. The van der Waals surface area contributed by atoms with Crippen molar-refractivity contribution in [1.82, 2.24) is 10.2 Å². The Bertz CT molecular complexity index is 378. The Kier molecular flexibility index (Phi) is 4.96. The Balaban J connectivity index is 2.40. The number of nitrogens with one attached hydrogen (secondary N) is 1. The first-order valence-electron chi connectivity index (χ1n) is 5.26. The number of amides is 2. The van der Waals surface area contributed by atoms with Crippen molar-refractivity contribution in [1.29, 1.82) is 0 Å². The van der Waals surface area contributed by atoms with E-state index in [4.69, 9.17) is 5.11 Å². The van der Waals surface area contributed by atoms with Crippen molar-refractivity contribution in [3.05, 3.63) is 22.4 Å². The van der Waals surface area contributed by atoms with Crippen LogP contribution >= 0.6 is 11.3 Å². The number of nitrogens with zero attached hydrogens (tertiary/aromatic N) is 1. The molecule has 2 amide bonds. The third-order valence-corrected chi connectivity index (χ3v) is 3.09. The molecule has 1 atom stereocenters. The van der Waals surface area contributed by atoms with Gasteiger partial charge in [-0.05, 0) is 29.3 Å². The molecule has 0 aliphatic carbocycles. The highest BCUT2D eigenvalue weighted by atomic mass is 32.1. The molecule has 1 unspecified atom stereocenters. The number of carbonyl (C=O) groups excluding carboxylic acids is 1. The fourth-order valence-electron chi connectivity index (χ4n) is 1.27. The number of thiophene rings is 1. The second-order valence-electron chi connectivity index (χ2n) is 3.79. The molecule has 0 bridgehead atoms. The third-order valence-electron chi connectivity index (χ3n) is 2.39. The van der Waals surface area contributed by atoms with E-state index in [0.717, 1.165) is 5.56 Å². The Hall–Kier alpha value is -1.56. The Morgan fingerprint density at radius 3 is 2.82 bits per heavy atom. The standard InChI is InChI=1S/C11H16N2O3S/c1-8(9-4-6-17-7-9)12-11(16)13(2)5-3-10(14)15/h4,6-8H,3,5H2,1-2H3,(H,12,16)(H,14,15). The van der Waals surface area contributed by atoms with Crippen LogP contribution in [0.3, 0.4) is 0 Å². The van der Waals surface area contributed by atoms with Crippen LogP contribution < -0.4 is 5.32 Å². The van der Waals surface area contributed by atoms with Crippen LogP contribution in [0.1, 0.15) is 24.9 Å². The van der Waals surface area contributed by atoms with Gasteiger partial charge in [-0.2, -0.15) is 11.3 Å². The SMILES string of the molecule is CC(NC(=O)N(C)CCC(=O)O)c1ccsc1. The number of rotatable bonds is 5. The van der Waals surface area contributed by atoms with E-state index in [9.17, 15) is 9.59 Å². The van der Waals surface area contributed by atoms with E-state index in [1.807, 2.05) is 23.8 Å². The summed E-state index contributed by atoms with van der Waals surface area (Å²) >= 11 is 1.57. The minimum Gasteiger partial charge on any atom is -0.481 e. The topological polar surface area (TPSA) is 69.6 Å². The van der Waals surface area contributed by atoms with Crippen molar-refractivity contribution in [2.24, 2.45) is 0 Å². The Labute approximate surface area is 104 Å². The molecule has 17 heavy (non-hydrogen) atoms. The minimum atomic E-state index is -0.907. The van der Waals surface area contributed by atoms with E-state index in [1.54, 1.807) is 18.4 Å². The molecule has 1 heterocycles. The van der Waals surface area contributed by atoms with Gasteiger partial charge in [0.05, 0.1) is 12.5 Å². The molecule has 0 radical (unpaired) electrons. The van der Waals surface area contributed by atoms with Crippen molar-refractivity contribution in [3.8, 4) is 0 Å². The molecule has 1 aromatic rings. The number of hydrogen-bond acceptors (Lipinski definition) is 3. The van der Waals surface area contributed by atoms with Gasteiger partial charge in [0.1, 0.15) is 0 Å². The summed E-state index contributed by atoms with van der Waals surface area (Å²) in [6.07, 6.45) is -0.0449. The number of carbonyl (C=O) groups is 2. The van der Waals surface area contributed by atoms with E-state index in [1.165, 1.54) is 4.90 Å². The summed E-state index contributed by atoms with van der Waals surface area (Å²) in [5.74, 6) is -0.907.